The quantitative estimate of drug-likeness (QED) is 0.520. The fourth-order valence-electron chi connectivity index (χ4n) is 1.04. The number of hydrogen-bond donors (Lipinski definition) is 0. The van der Waals surface area contributed by atoms with Crippen molar-refractivity contribution in [1.82, 2.24) is 0 Å². The molecule has 0 N–H and O–H groups in total. The van der Waals surface area contributed by atoms with Crippen molar-refractivity contribution in [2.24, 2.45) is 0 Å². The van der Waals surface area contributed by atoms with Crippen LogP contribution in [0, 0.1) is 0 Å². The lowest BCUT2D eigenvalue weighted by molar-refractivity contribution is -0.0220. The molecule has 0 saturated heterocycles. The Morgan fingerprint density at radius 3 is 1.69 bits per heavy atom. The third-order valence-electron chi connectivity index (χ3n) is 2.00. The summed E-state index contributed by atoms with van der Waals surface area (Å²) in [5, 5.41) is 0. The predicted octanol–water partition coefficient (Wildman–Crippen LogP) is 3.72. The third kappa shape index (κ3) is 6.86. The summed E-state index contributed by atoms with van der Waals surface area (Å²) in [5.74, 6) is 0. The van der Waals surface area contributed by atoms with Crippen LogP contribution < -0.4 is 0 Å². The molecule has 0 heterocycles. The summed E-state index contributed by atoms with van der Waals surface area (Å²) in [6.07, 6.45) is 0.850. The van der Waals surface area contributed by atoms with Crippen molar-refractivity contribution in [3.63, 3.8) is 0 Å². The van der Waals surface area contributed by atoms with E-state index in [2.05, 4.69) is 6.92 Å². The van der Waals surface area contributed by atoms with Crippen LogP contribution in [0.1, 0.15) is 54.9 Å². The van der Waals surface area contributed by atoms with Crippen LogP contribution in [0.2, 0.25) is 0 Å². The number of halogens is 1. The van der Waals surface area contributed by atoms with Crippen molar-refractivity contribution < 1.29 is 13.3 Å². The average molecular weight is 269 g/mol. The molecule has 0 aliphatic heterocycles. The first kappa shape index (κ1) is 16.4. The van der Waals surface area contributed by atoms with Gasteiger partial charge in [-0.25, -0.2) is 0 Å². The van der Waals surface area contributed by atoms with Gasteiger partial charge < -0.3 is 13.3 Å². The summed E-state index contributed by atoms with van der Waals surface area (Å²) in [7, 11) is -3.06. The van der Waals surface area contributed by atoms with Gasteiger partial charge in [0.2, 0.25) is 0 Å². The van der Waals surface area contributed by atoms with Crippen molar-refractivity contribution in [3.05, 3.63) is 0 Å². The molecular weight excluding hydrogens is 244 g/mol. The summed E-state index contributed by atoms with van der Waals surface area (Å²) in [5.41, 5.74) is -0.322. The minimum Gasteiger partial charge on any atom is -0.359 e. The second-order valence-corrected chi connectivity index (χ2v) is 8.06. The second kappa shape index (κ2) is 6.35. The van der Waals surface area contributed by atoms with Gasteiger partial charge >= 0.3 is 8.11 Å². The summed E-state index contributed by atoms with van der Waals surface area (Å²) in [4.78, 5) is 0. The van der Waals surface area contributed by atoms with Crippen LogP contribution in [0.15, 0.2) is 0 Å². The molecule has 16 heavy (non-hydrogen) atoms. The summed E-state index contributed by atoms with van der Waals surface area (Å²) < 4.78 is 17.1. The molecule has 0 spiro atoms. The van der Waals surface area contributed by atoms with E-state index in [1.165, 1.54) is 0 Å². The lowest BCUT2D eigenvalue weighted by atomic mass is 10.1. The maximum atomic E-state index is 6.36. The van der Waals surface area contributed by atoms with Crippen LogP contribution in [-0.2, 0) is 13.3 Å². The Kier molecular flexibility index (Phi) is 6.51. The summed E-state index contributed by atoms with van der Waals surface area (Å²) >= 11 is 6.36. The Labute approximate surface area is 105 Å². The van der Waals surface area contributed by atoms with Gasteiger partial charge in [-0.2, -0.15) is 0 Å². The van der Waals surface area contributed by atoms with E-state index < -0.39 is 8.11 Å². The van der Waals surface area contributed by atoms with Gasteiger partial charge in [0.05, 0.1) is 5.60 Å². The van der Waals surface area contributed by atoms with Gasteiger partial charge in [-0.15, -0.1) is 0 Å². The van der Waals surface area contributed by atoms with E-state index in [-0.39, 0.29) is 17.8 Å². The fraction of sp³-hybridized carbons (Fsp3) is 1.00. The SMILES string of the molecule is CCC(C)(C)O[Si](Cl)(OC(C)C)OC(C)C. The van der Waals surface area contributed by atoms with Crippen LogP contribution in [0.25, 0.3) is 0 Å². The van der Waals surface area contributed by atoms with Crippen molar-refractivity contribution in [2.75, 3.05) is 0 Å². The van der Waals surface area contributed by atoms with Crippen LogP contribution in [0.4, 0.5) is 0 Å². The van der Waals surface area contributed by atoms with Crippen molar-refractivity contribution in [2.45, 2.75) is 72.7 Å². The molecule has 0 amide bonds. The number of rotatable bonds is 7. The van der Waals surface area contributed by atoms with Gasteiger partial charge in [0.25, 0.3) is 0 Å². The normalized spacial score (nSPS) is 13.9. The van der Waals surface area contributed by atoms with Gasteiger partial charge in [-0.3, -0.25) is 0 Å². The highest BCUT2D eigenvalue weighted by Crippen LogP contribution is 2.27. The van der Waals surface area contributed by atoms with Gasteiger partial charge in [0.15, 0.2) is 0 Å². The molecule has 0 aromatic rings. The Hall–Kier alpha value is 0.387. The van der Waals surface area contributed by atoms with Crippen molar-refractivity contribution >= 4 is 19.2 Å². The molecule has 0 bridgehead atoms. The zero-order chi connectivity index (χ0) is 13.0. The van der Waals surface area contributed by atoms with E-state index in [0.29, 0.717) is 0 Å². The van der Waals surface area contributed by atoms with Crippen molar-refractivity contribution in [3.8, 4) is 0 Å². The van der Waals surface area contributed by atoms with E-state index >= 15 is 0 Å². The van der Waals surface area contributed by atoms with E-state index in [0.717, 1.165) is 6.42 Å². The highest BCUT2D eigenvalue weighted by molar-refractivity contribution is 7.09. The molecular formula is C11H25ClO3Si. The largest absolute Gasteiger partial charge is 0.614 e. The molecule has 0 rings (SSSR count). The first-order chi connectivity index (χ1) is 7.10. The minimum atomic E-state index is -3.06. The predicted molar refractivity (Wildman–Crippen MR) is 69.5 cm³/mol. The topological polar surface area (TPSA) is 27.7 Å². The fourth-order valence-corrected chi connectivity index (χ4v) is 4.82. The smallest absolute Gasteiger partial charge is 0.359 e. The maximum Gasteiger partial charge on any atom is 0.614 e. The molecule has 0 radical (unpaired) electrons. The Morgan fingerprint density at radius 1 is 1.06 bits per heavy atom. The minimum absolute atomic E-state index is 0.00410. The van der Waals surface area contributed by atoms with Gasteiger partial charge in [-0.05, 0) is 48.0 Å². The number of hydrogen-bond acceptors (Lipinski definition) is 3. The lowest BCUT2D eigenvalue weighted by Crippen LogP contribution is -2.49. The molecule has 0 aromatic carbocycles. The van der Waals surface area contributed by atoms with Gasteiger partial charge in [0.1, 0.15) is 0 Å². The molecule has 0 aliphatic rings. The standard InChI is InChI=1S/C11H25ClO3Si/c1-8-11(6,7)15-16(12,13-9(2)3)14-10(4)5/h9-10H,8H2,1-7H3. The zero-order valence-corrected chi connectivity index (χ0v) is 13.2. The average Bonchev–Trinajstić information content (AvgIpc) is 1.98. The molecule has 0 unspecified atom stereocenters. The van der Waals surface area contributed by atoms with E-state index in [9.17, 15) is 0 Å². The molecule has 98 valence electrons. The molecule has 0 fully saturated rings. The highest BCUT2D eigenvalue weighted by atomic mass is 35.6. The first-order valence-electron chi connectivity index (χ1n) is 5.85. The van der Waals surface area contributed by atoms with Crippen LogP contribution in [0.5, 0.6) is 0 Å². The molecule has 3 nitrogen and oxygen atoms in total. The Morgan fingerprint density at radius 2 is 1.44 bits per heavy atom. The lowest BCUT2D eigenvalue weighted by Gasteiger charge is -2.34. The molecule has 0 saturated carbocycles. The molecule has 0 atom stereocenters. The first-order valence-corrected chi connectivity index (χ1v) is 8.58. The second-order valence-electron chi connectivity index (χ2n) is 5.03. The Balaban J connectivity index is 4.65. The van der Waals surface area contributed by atoms with E-state index in [1.54, 1.807) is 0 Å². The summed E-state index contributed by atoms with van der Waals surface area (Å²) in [6.45, 7) is 13.7. The van der Waals surface area contributed by atoms with Crippen molar-refractivity contribution in [1.29, 1.82) is 0 Å². The van der Waals surface area contributed by atoms with Crippen LogP contribution in [0.3, 0.4) is 0 Å². The monoisotopic (exact) mass is 268 g/mol. The maximum absolute atomic E-state index is 6.36. The van der Waals surface area contributed by atoms with E-state index in [4.69, 9.17) is 24.4 Å². The Bertz CT molecular complexity index is 197. The highest BCUT2D eigenvalue weighted by Gasteiger charge is 2.46. The van der Waals surface area contributed by atoms with Gasteiger partial charge in [0, 0.05) is 12.2 Å². The van der Waals surface area contributed by atoms with Crippen LogP contribution >= 0.6 is 11.1 Å². The van der Waals surface area contributed by atoms with Crippen LogP contribution in [-0.4, -0.2) is 25.9 Å². The molecule has 0 aliphatic carbocycles. The van der Waals surface area contributed by atoms with E-state index in [1.807, 2.05) is 41.5 Å². The molecule has 5 heteroatoms. The zero-order valence-electron chi connectivity index (χ0n) is 11.5. The third-order valence-corrected chi connectivity index (χ3v) is 5.07. The van der Waals surface area contributed by atoms with Gasteiger partial charge in [-0.1, -0.05) is 18.0 Å². The molecule has 0 aromatic heterocycles. The summed E-state index contributed by atoms with van der Waals surface area (Å²) in [6, 6.07) is 0.